The van der Waals surface area contributed by atoms with Gasteiger partial charge in [0.1, 0.15) is 12.1 Å². The number of nitrogens with one attached hydrogen (secondary N) is 1. The highest BCUT2D eigenvalue weighted by Gasteiger charge is 2.20. The van der Waals surface area contributed by atoms with Crippen LogP contribution in [0.5, 0.6) is 0 Å². The van der Waals surface area contributed by atoms with Gasteiger partial charge in [-0.2, -0.15) is 0 Å². The predicted molar refractivity (Wildman–Crippen MR) is 59.2 cm³/mol. The highest BCUT2D eigenvalue weighted by atomic mass is 16.4. The molecule has 5 N–H and O–H groups in total. The van der Waals surface area contributed by atoms with Crippen LogP contribution in [0.4, 0.5) is 0 Å². The van der Waals surface area contributed by atoms with Crippen LogP contribution in [-0.2, 0) is 9.59 Å². The summed E-state index contributed by atoms with van der Waals surface area (Å²) in [5.74, 6) is -1.63. The SMILES string of the molecule is CCCC(N)C(=O)O.O=C(O)[C@@H]1CCCN1. The lowest BCUT2D eigenvalue weighted by Gasteiger charge is -2.00. The van der Waals surface area contributed by atoms with Crippen LogP contribution in [0.25, 0.3) is 0 Å². The monoisotopic (exact) mass is 232 g/mol. The lowest BCUT2D eigenvalue weighted by Crippen LogP contribution is -2.29. The Morgan fingerprint density at radius 1 is 1.50 bits per heavy atom. The molecule has 1 saturated heterocycles. The van der Waals surface area contributed by atoms with Gasteiger partial charge in [0.2, 0.25) is 0 Å². The van der Waals surface area contributed by atoms with Crippen LogP contribution in [0, 0.1) is 0 Å². The van der Waals surface area contributed by atoms with Gasteiger partial charge in [-0.25, -0.2) is 0 Å². The van der Waals surface area contributed by atoms with E-state index in [0.29, 0.717) is 6.42 Å². The number of nitrogens with two attached hydrogens (primary N) is 1. The first-order valence-electron chi connectivity index (χ1n) is 5.43. The zero-order valence-corrected chi connectivity index (χ0v) is 9.48. The number of rotatable bonds is 4. The molecule has 1 fully saturated rings. The zero-order chi connectivity index (χ0) is 12.6. The molecule has 1 rings (SSSR count). The fraction of sp³-hybridized carbons (Fsp3) is 0.800. The summed E-state index contributed by atoms with van der Waals surface area (Å²) in [4.78, 5) is 20.1. The lowest BCUT2D eigenvalue weighted by atomic mass is 10.2. The van der Waals surface area contributed by atoms with Crippen molar-refractivity contribution in [3.8, 4) is 0 Å². The van der Waals surface area contributed by atoms with E-state index in [-0.39, 0.29) is 6.04 Å². The summed E-state index contributed by atoms with van der Waals surface area (Å²) in [6.45, 7) is 2.76. The maximum Gasteiger partial charge on any atom is 0.320 e. The molecule has 0 bridgehead atoms. The second-order valence-corrected chi connectivity index (χ2v) is 3.72. The number of hydrogen-bond donors (Lipinski definition) is 4. The van der Waals surface area contributed by atoms with Crippen LogP contribution in [0.15, 0.2) is 0 Å². The molecule has 1 aliphatic heterocycles. The molecule has 1 heterocycles. The maximum atomic E-state index is 10.1. The van der Waals surface area contributed by atoms with Crippen LogP contribution < -0.4 is 11.1 Å². The van der Waals surface area contributed by atoms with E-state index in [9.17, 15) is 9.59 Å². The predicted octanol–water partition coefficient (Wildman–Crippen LogP) is 0.0214. The van der Waals surface area contributed by atoms with Gasteiger partial charge in [-0.1, -0.05) is 13.3 Å². The number of carboxylic acid groups (broad SMARTS) is 2. The average Bonchev–Trinajstić information content (AvgIpc) is 2.71. The molecule has 0 saturated carbocycles. The highest BCUT2D eigenvalue weighted by Crippen LogP contribution is 2.03. The van der Waals surface area contributed by atoms with Gasteiger partial charge in [-0.05, 0) is 25.8 Å². The fourth-order valence-electron chi connectivity index (χ4n) is 1.33. The van der Waals surface area contributed by atoms with Gasteiger partial charge in [-0.3, -0.25) is 9.59 Å². The van der Waals surface area contributed by atoms with Crippen molar-refractivity contribution in [1.29, 1.82) is 0 Å². The Morgan fingerprint density at radius 2 is 2.12 bits per heavy atom. The van der Waals surface area contributed by atoms with Crippen LogP contribution in [0.3, 0.4) is 0 Å². The Hall–Kier alpha value is -1.14. The van der Waals surface area contributed by atoms with Crippen LogP contribution in [0.1, 0.15) is 32.6 Å². The molecule has 0 amide bonds. The van der Waals surface area contributed by atoms with Crippen molar-refractivity contribution in [3.63, 3.8) is 0 Å². The average molecular weight is 232 g/mol. The molecular weight excluding hydrogens is 212 g/mol. The molecule has 1 unspecified atom stereocenters. The summed E-state index contributed by atoms with van der Waals surface area (Å²) in [5, 5.41) is 19.4. The second-order valence-electron chi connectivity index (χ2n) is 3.72. The summed E-state index contributed by atoms with van der Waals surface area (Å²) in [6.07, 6.45) is 3.18. The van der Waals surface area contributed by atoms with Crippen molar-refractivity contribution < 1.29 is 19.8 Å². The molecule has 0 aromatic heterocycles. The lowest BCUT2D eigenvalue weighted by molar-refractivity contribution is -0.139. The minimum atomic E-state index is -0.910. The van der Waals surface area contributed by atoms with E-state index < -0.39 is 18.0 Å². The van der Waals surface area contributed by atoms with E-state index in [1.54, 1.807) is 0 Å². The number of hydrogen-bond acceptors (Lipinski definition) is 4. The van der Waals surface area contributed by atoms with Crippen LogP contribution in [-0.4, -0.2) is 40.8 Å². The zero-order valence-electron chi connectivity index (χ0n) is 9.48. The van der Waals surface area contributed by atoms with Gasteiger partial charge in [0.25, 0.3) is 0 Å². The molecule has 0 aromatic rings. The topological polar surface area (TPSA) is 113 Å². The van der Waals surface area contributed by atoms with Crippen molar-refractivity contribution >= 4 is 11.9 Å². The number of aliphatic carboxylic acids is 2. The summed E-state index contributed by atoms with van der Waals surface area (Å²) in [7, 11) is 0. The van der Waals surface area contributed by atoms with Crippen LogP contribution in [0.2, 0.25) is 0 Å². The Morgan fingerprint density at radius 3 is 2.31 bits per heavy atom. The van der Waals surface area contributed by atoms with Crippen molar-refractivity contribution in [2.24, 2.45) is 5.73 Å². The number of carbonyl (C=O) groups is 2. The first-order valence-corrected chi connectivity index (χ1v) is 5.43. The summed E-state index contributed by atoms with van der Waals surface area (Å²) in [5.41, 5.74) is 5.13. The molecular formula is C10H20N2O4. The van der Waals surface area contributed by atoms with Crippen molar-refractivity contribution in [2.45, 2.75) is 44.7 Å². The second kappa shape index (κ2) is 8.06. The number of carboxylic acids is 2. The van der Waals surface area contributed by atoms with E-state index >= 15 is 0 Å². The van der Waals surface area contributed by atoms with Gasteiger partial charge in [0.05, 0.1) is 0 Å². The minimum Gasteiger partial charge on any atom is -0.480 e. The Bertz CT molecular complexity index is 227. The normalized spacial score (nSPS) is 20.8. The van der Waals surface area contributed by atoms with Gasteiger partial charge in [-0.15, -0.1) is 0 Å². The summed E-state index contributed by atoms with van der Waals surface area (Å²) >= 11 is 0. The molecule has 0 aliphatic carbocycles. The Labute approximate surface area is 94.8 Å². The fourth-order valence-corrected chi connectivity index (χ4v) is 1.33. The summed E-state index contributed by atoms with van der Waals surface area (Å²) in [6, 6.07) is -0.935. The summed E-state index contributed by atoms with van der Waals surface area (Å²) < 4.78 is 0. The maximum absolute atomic E-state index is 10.1. The molecule has 6 nitrogen and oxygen atoms in total. The molecule has 0 aromatic carbocycles. The van der Waals surface area contributed by atoms with Crippen molar-refractivity contribution in [2.75, 3.05) is 6.54 Å². The molecule has 0 spiro atoms. The molecule has 16 heavy (non-hydrogen) atoms. The van der Waals surface area contributed by atoms with Crippen molar-refractivity contribution in [1.82, 2.24) is 5.32 Å². The first-order chi connectivity index (χ1) is 7.49. The Kier molecular flexibility index (Phi) is 7.49. The third-order valence-corrected chi connectivity index (χ3v) is 2.28. The largest absolute Gasteiger partial charge is 0.480 e. The molecule has 2 atom stereocenters. The van der Waals surface area contributed by atoms with Gasteiger partial charge in [0.15, 0.2) is 0 Å². The smallest absolute Gasteiger partial charge is 0.320 e. The molecule has 94 valence electrons. The molecule has 1 aliphatic rings. The molecule has 6 heteroatoms. The van der Waals surface area contributed by atoms with Gasteiger partial charge >= 0.3 is 11.9 Å². The van der Waals surface area contributed by atoms with E-state index in [1.165, 1.54) is 0 Å². The highest BCUT2D eigenvalue weighted by molar-refractivity contribution is 5.73. The molecule has 0 radical (unpaired) electrons. The third-order valence-electron chi connectivity index (χ3n) is 2.28. The van der Waals surface area contributed by atoms with E-state index in [1.807, 2.05) is 6.92 Å². The van der Waals surface area contributed by atoms with E-state index in [0.717, 1.165) is 25.8 Å². The third kappa shape index (κ3) is 6.36. The minimum absolute atomic E-state index is 0.269. The standard InChI is InChI=1S/C5H9NO2.C5H11NO2/c7-5(8)4-2-1-3-6-4;1-2-3-4(6)5(7)8/h4,6H,1-3H2,(H,7,8);4H,2-3,6H2,1H3,(H,7,8)/t4-;/m0./s1. The van der Waals surface area contributed by atoms with Gasteiger partial charge in [0, 0.05) is 0 Å². The quantitative estimate of drug-likeness (QED) is 0.543. The van der Waals surface area contributed by atoms with E-state index in [4.69, 9.17) is 15.9 Å². The van der Waals surface area contributed by atoms with Gasteiger partial charge < -0.3 is 21.3 Å². The van der Waals surface area contributed by atoms with Crippen molar-refractivity contribution in [3.05, 3.63) is 0 Å². The van der Waals surface area contributed by atoms with Crippen LogP contribution >= 0.6 is 0 Å². The first kappa shape index (κ1) is 14.9. The van der Waals surface area contributed by atoms with E-state index in [2.05, 4.69) is 5.32 Å². The Balaban J connectivity index is 0.000000281.